The van der Waals surface area contributed by atoms with Gasteiger partial charge in [-0.15, -0.1) is 10.2 Å². The minimum Gasteiger partial charge on any atom is -0.311 e. The predicted molar refractivity (Wildman–Crippen MR) is 120 cm³/mol. The number of halogens is 2. The largest absolute Gasteiger partial charge is 0.311 e. The van der Waals surface area contributed by atoms with E-state index >= 15 is 0 Å². The molecule has 1 atom stereocenters. The maximum Gasteiger partial charge on any atom is 0.257 e. The summed E-state index contributed by atoms with van der Waals surface area (Å²) >= 11 is 13.1. The van der Waals surface area contributed by atoms with Crippen molar-refractivity contribution in [3.8, 4) is 0 Å². The van der Waals surface area contributed by atoms with Crippen molar-refractivity contribution in [2.45, 2.75) is 25.7 Å². The number of aromatic nitrogens is 2. The lowest BCUT2D eigenvalue weighted by molar-refractivity contribution is -0.117. The zero-order valence-corrected chi connectivity index (χ0v) is 18.4. The number of carbonyl (C=O) groups excluding carboxylic acids is 2. The van der Waals surface area contributed by atoms with E-state index in [4.69, 9.17) is 23.2 Å². The molecule has 0 spiro atoms. The maximum atomic E-state index is 12.6. The Hall–Kier alpha value is -2.48. The van der Waals surface area contributed by atoms with Crippen molar-refractivity contribution in [2.75, 3.05) is 16.8 Å². The quantitative estimate of drug-likeness (QED) is 0.568. The summed E-state index contributed by atoms with van der Waals surface area (Å²) in [6.45, 7) is 2.62. The number of nitrogens with zero attached hydrogens (tertiary/aromatic N) is 3. The summed E-state index contributed by atoms with van der Waals surface area (Å²) in [4.78, 5) is 26.9. The van der Waals surface area contributed by atoms with Crippen LogP contribution in [0.3, 0.4) is 0 Å². The van der Waals surface area contributed by atoms with Gasteiger partial charge in [0.25, 0.3) is 5.91 Å². The van der Waals surface area contributed by atoms with Crippen molar-refractivity contribution < 1.29 is 9.59 Å². The Bertz CT molecular complexity index is 1120. The summed E-state index contributed by atoms with van der Waals surface area (Å²) < 4.78 is 0. The number of rotatable bonds is 5. The van der Waals surface area contributed by atoms with Crippen LogP contribution in [-0.4, -0.2) is 28.6 Å². The van der Waals surface area contributed by atoms with Crippen molar-refractivity contribution in [3.05, 3.63) is 68.6 Å². The predicted octanol–water partition coefficient (Wildman–Crippen LogP) is 5.18. The van der Waals surface area contributed by atoms with E-state index in [2.05, 4.69) is 22.4 Å². The molecule has 1 unspecified atom stereocenters. The fourth-order valence-electron chi connectivity index (χ4n) is 3.44. The second-order valence-electron chi connectivity index (χ2n) is 6.92. The van der Waals surface area contributed by atoms with E-state index in [-0.39, 0.29) is 17.7 Å². The lowest BCUT2D eigenvalue weighted by Gasteiger charge is -2.19. The first-order chi connectivity index (χ1) is 14.5. The molecule has 1 aliphatic rings. The average Bonchev–Trinajstić information content (AvgIpc) is 3.36. The zero-order chi connectivity index (χ0) is 21.3. The standard InChI is InChI=1S/C21H18Cl2N4O2S/c1-2-12-5-3-4-6-17(12)27-11-14(10-18(27)28)20-25-26-21(30-20)24-19(29)13-7-8-15(22)16(23)9-13/h3-9,14H,2,10-11H2,1H3,(H,24,26,29). The lowest BCUT2D eigenvalue weighted by Crippen LogP contribution is -2.25. The minimum atomic E-state index is -0.350. The van der Waals surface area contributed by atoms with Crippen molar-refractivity contribution in [3.63, 3.8) is 0 Å². The number of para-hydroxylation sites is 1. The normalized spacial score (nSPS) is 16.2. The summed E-state index contributed by atoms with van der Waals surface area (Å²) in [5, 5.41) is 12.8. The highest BCUT2D eigenvalue weighted by Crippen LogP contribution is 2.35. The van der Waals surface area contributed by atoms with Crippen molar-refractivity contribution in [1.29, 1.82) is 0 Å². The molecule has 1 aromatic heterocycles. The third-order valence-electron chi connectivity index (χ3n) is 4.98. The van der Waals surface area contributed by atoms with Crippen LogP contribution >= 0.6 is 34.5 Å². The van der Waals surface area contributed by atoms with Gasteiger partial charge in [0, 0.05) is 30.1 Å². The fourth-order valence-corrected chi connectivity index (χ4v) is 4.56. The number of anilines is 2. The van der Waals surface area contributed by atoms with E-state index in [0.717, 1.165) is 22.7 Å². The molecule has 0 saturated carbocycles. The molecule has 0 aliphatic carbocycles. The van der Waals surface area contributed by atoms with Crippen LogP contribution in [0.1, 0.15) is 40.2 Å². The topological polar surface area (TPSA) is 75.2 Å². The van der Waals surface area contributed by atoms with Crippen LogP contribution in [0.15, 0.2) is 42.5 Å². The highest BCUT2D eigenvalue weighted by atomic mass is 35.5. The van der Waals surface area contributed by atoms with E-state index in [9.17, 15) is 9.59 Å². The van der Waals surface area contributed by atoms with E-state index < -0.39 is 0 Å². The molecule has 2 heterocycles. The summed E-state index contributed by atoms with van der Waals surface area (Å²) in [7, 11) is 0. The second-order valence-corrected chi connectivity index (χ2v) is 8.74. The molecular formula is C21H18Cl2N4O2S. The third-order valence-corrected chi connectivity index (χ3v) is 6.72. The van der Waals surface area contributed by atoms with E-state index in [0.29, 0.717) is 33.7 Å². The molecule has 30 heavy (non-hydrogen) atoms. The van der Waals surface area contributed by atoms with Crippen LogP contribution < -0.4 is 10.2 Å². The van der Waals surface area contributed by atoms with Crippen LogP contribution in [0.2, 0.25) is 10.0 Å². The Labute approximate surface area is 187 Å². The fraction of sp³-hybridized carbons (Fsp3) is 0.238. The highest BCUT2D eigenvalue weighted by molar-refractivity contribution is 7.15. The van der Waals surface area contributed by atoms with Crippen LogP contribution in [0.4, 0.5) is 10.8 Å². The Morgan fingerprint density at radius 2 is 2.00 bits per heavy atom. The molecule has 9 heteroatoms. The van der Waals surface area contributed by atoms with Gasteiger partial charge < -0.3 is 4.90 Å². The smallest absolute Gasteiger partial charge is 0.257 e. The molecule has 0 radical (unpaired) electrons. The Balaban J connectivity index is 1.47. The molecule has 2 amide bonds. The van der Waals surface area contributed by atoms with Gasteiger partial charge in [0.15, 0.2) is 0 Å². The Kier molecular flexibility index (Phi) is 6.04. The van der Waals surface area contributed by atoms with E-state index in [1.54, 1.807) is 12.1 Å². The van der Waals surface area contributed by atoms with E-state index in [1.807, 2.05) is 29.2 Å². The van der Waals surface area contributed by atoms with Gasteiger partial charge in [-0.3, -0.25) is 14.9 Å². The van der Waals surface area contributed by atoms with Gasteiger partial charge in [0.05, 0.1) is 10.0 Å². The van der Waals surface area contributed by atoms with Crippen molar-refractivity contribution in [2.24, 2.45) is 0 Å². The third kappa shape index (κ3) is 4.19. The first-order valence-electron chi connectivity index (χ1n) is 9.44. The second kappa shape index (κ2) is 8.71. The monoisotopic (exact) mass is 460 g/mol. The van der Waals surface area contributed by atoms with Gasteiger partial charge in [-0.05, 0) is 36.2 Å². The molecule has 154 valence electrons. The van der Waals surface area contributed by atoms with Crippen LogP contribution in [0, 0.1) is 0 Å². The molecular weight excluding hydrogens is 443 g/mol. The highest BCUT2D eigenvalue weighted by Gasteiger charge is 2.34. The summed E-state index contributed by atoms with van der Waals surface area (Å²) in [5.41, 5.74) is 2.46. The Morgan fingerprint density at radius 3 is 2.77 bits per heavy atom. The van der Waals surface area contributed by atoms with Crippen LogP contribution in [-0.2, 0) is 11.2 Å². The number of hydrogen-bond donors (Lipinski definition) is 1. The first kappa shape index (κ1) is 20.8. The number of hydrogen-bond acceptors (Lipinski definition) is 5. The molecule has 6 nitrogen and oxygen atoms in total. The molecule has 2 aromatic carbocycles. The zero-order valence-electron chi connectivity index (χ0n) is 16.1. The van der Waals surface area contributed by atoms with Gasteiger partial charge in [0.1, 0.15) is 5.01 Å². The summed E-state index contributed by atoms with van der Waals surface area (Å²) in [6, 6.07) is 12.6. The summed E-state index contributed by atoms with van der Waals surface area (Å²) in [5.74, 6) is -0.342. The molecule has 1 fully saturated rings. The first-order valence-corrected chi connectivity index (χ1v) is 11.0. The molecule has 0 bridgehead atoms. The number of aryl methyl sites for hydroxylation is 1. The van der Waals surface area contributed by atoms with Gasteiger partial charge in [-0.2, -0.15) is 0 Å². The number of carbonyl (C=O) groups is 2. The number of nitrogens with one attached hydrogen (secondary N) is 1. The van der Waals surface area contributed by atoms with Gasteiger partial charge in [0.2, 0.25) is 11.0 Å². The average molecular weight is 461 g/mol. The van der Waals surface area contributed by atoms with E-state index in [1.165, 1.54) is 17.4 Å². The lowest BCUT2D eigenvalue weighted by atomic mass is 10.1. The van der Waals surface area contributed by atoms with Crippen molar-refractivity contribution in [1.82, 2.24) is 10.2 Å². The summed E-state index contributed by atoms with van der Waals surface area (Å²) in [6.07, 6.45) is 1.22. The molecule has 1 N–H and O–H groups in total. The molecule has 1 saturated heterocycles. The molecule has 3 aromatic rings. The maximum absolute atomic E-state index is 12.6. The molecule has 4 rings (SSSR count). The Morgan fingerprint density at radius 1 is 1.20 bits per heavy atom. The van der Waals surface area contributed by atoms with Gasteiger partial charge in [-0.1, -0.05) is 59.7 Å². The molecule has 1 aliphatic heterocycles. The SMILES string of the molecule is CCc1ccccc1N1CC(c2nnc(NC(=O)c3ccc(Cl)c(Cl)c3)s2)CC1=O. The van der Waals surface area contributed by atoms with Crippen LogP contribution in [0.25, 0.3) is 0 Å². The minimum absolute atomic E-state index is 0.0597. The van der Waals surface area contributed by atoms with Crippen molar-refractivity contribution >= 4 is 57.2 Å². The van der Waals surface area contributed by atoms with Gasteiger partial charge in [-0.25, -0.2) is 0 Å². The van der Waals surface area contributed by atoms with Gasteiger partial charge >= 0.3 is 0 Å². The number of benzene rings is 2. The number of amides is 2. The van der Waals surface area contributed by atoms with Crippen LogP contribution in [0.5, 0.6) is 0 Å².